The van der Waals surface area contributed by atoms with Crippen molar-refractivity contribution in [2.45, 2.75) is 31.7 Å². The zero-order chi connectivity index (χ0) is 21.8. The largest absolute Gasteiger partial charge is 0.397 e. The Morgan fingerprint density at radius 1 is 1.27 bits per heavy atom. The van der Waals surface area contributed by atoms with Crippen LogP contribution in [0.3, 0.4) is 0 Å². The van der Waals surface area contributed by atoms with Gasteiger partial charge < -0.3 is 11.1 Å². The van der Waals surface area contributed by atoms with Crippen LogP contribution in [0.1, 0.15) is 26.5 Å². The van der Waals surface area contributed by atoms with E-state index in [1.807, 2.05) is 13.8 Å². The maximum absolute atomic E-state index is 13.8. The van der Waals surface area contributed by atoms with Crippen LogP contribution in [0.2, 0.25) is 0 Å². The van der Waals surface area contributed by atoms with Gasteiger partial charge in [0.15, 0.2) is 0 Å². The molecule has 1 aliphatic heterocycles. The minimum Gasteiger partial charge on any atom is -0.397 e. The van der Waals surface area contributed by atoms with E-state index in [1.54, 1.807) is 6.92 Å². The van der Waals surface area contributed by atoms with Gasteiger partial charge in [0.1, 0.15) is 15.5 Å². The monoisotopic (exact) mass is 449 g/mol. The highest BCUT2D eigenvalue weighted by molar-refractivity contribution is 7.89. The number of carbonyl (C=O) groups excluding carboxylic acids is 1. The molecule has 0 bridgehead atoms. The van der Waals surface area contributed by atoms with Crippen molar-refractivity contribution in [3.05, 3.63) is 45.7 Å². The van der Waals surface area contributed by atoms with Crippen molar-refractivity contribution in [1.82, 2.24) is 19.8 Å². The summed E-state index contributed by atoms with van der Waals surface area (Å²) in [6.07, 6.45) is 0. The standard InChI is InChI=1S/C19H20FN5O3S2/c1-9-4-5-13(6-14(9)20)30(27,28)25-7-12(8-25)22-18(26)17-16(21)15-10(2)11(3)23-24-19(15)29-17/h4-6,12H,7-8,21H2,1-3H3,(H,22,26). The summed E-state index contributed by atoms with van der Waals surface area (Å²) in [5, 5.41) is 11.7. The number of thiophene rings is 1. The molecule has 0 saturated carbocycles. The van der Waals surface area contributed by atoms with E-state index in [1.165, 1.54) is 16.4 Å². The fraction of sp³-hybridized carbons (Fsp3) is 0.316. The molecule has 0 atom stereocenters. The number of hydrogen-bond acceptors (Lipinski definition) is 7. The Morgan fingerprint density at radius 3 is 2.63 bits per heavy atom. The first-order valence-electron chi connectivity index (χ1n) is 9.18. The second kappa shape index (κ2) is 7.25. The maximum Gasteiger partial charge on any atom is 0.263 e. The van der Waals surface area contributed by atoms with Gasteiger partial charge in [-0.15, -0.1) is 16.4 Å². The van der Waals surface area contributed by atoms with Gasteiger partial charge in [-0.2, -0.15) is 9.40 Å². The maximum atomic E-state index is 13.8. The summed E-state index contributed by atoms with van der Waals surface area (Å²) in [5.41, 5.74) is 8.52. The van der Waals surface area contributed by atoms with Crippen molar-refractivity contribution in [2.75, 3.05) is 18.8 Å². The molecule has 1 saturated heterocycles. The van der Waals surface area contributed by atoms with Gasteiger partial charge in [-0.25, -0.2) is 12.8 Å². The Morgan fingerprint density at radius 2 is 1.97 bits per heavy atom. The van der Waals surface area contributed by atoms with Crippen LogP contribution in [0, 0.1) is 26.6 Å². The lowest BCUT2D eigenvalue weighted by Gasteiger charge is -2.38. The number of aromatic nitrogens is 2. The van der Waals surface area contributed by atoms with Crippen molar-refractivity contribution in [2.24, 2.45) is 0 Å². The number of hydrogen-bond donors (Lipinski definition) is 2. The molecule has 1 aromatic carbocycles. The number of nitrogens with zero attached hydrogens (tertiary/aromatic N) is 3. The van der Waals surface area contributed by atoms with Crippen molar-refractivity contribution >= 4 is 43.2 Å². The van der Waals surface area contributed by atoms with Crippen molar-refractivity contribution in [3.8, 4) is 0 Å². The summed E-state index contributed by atoms with van der Waals surface area (Å²) in [4.78, 5) is 13.5. The van der Waals surface area contributed by atoms with Gasteiger partial charge in [-0.3, -0.25) is 4.79 Å². The molecule has 158 valence electrons. The molecule has 2 aromatic heterocycles. The van der Waals surface area contributed by atoms with Crippen molar-refractivity contribution in [1.29, 1.82) is 0 Å². The normalized spacial score (nSPS) is 15.3. The summed E-state index contributed by atoms with van der Waals surface area (Å²) in [7, 11) is -3.81. The van der Waals surface area contributed by atoms with E-state index >= 15 is 0 Å². The van der Waals surface area contributed by atoms with E-state index in [9.17, 15) is 17.6 Å². The molecular formula is C19H20FN5O3S2. The Kier molecular flexibility index (Phi) is 4.99. The van der Waals surface area contributed by atoms with Crippen LogP contribution in [0.15, 0.2) is 23.1 Å². The summed E-state index contributed by atoms with van der Waals surface area (Å²) in [5.74, 6) is -0.953. The molecule has 30 heavy (non-hydrogen) atoms. The first-order chi connectivity index (χ1) is 14.1. The SMILES string of the molecule is Cc1ccc(S(=O)(=O)N2CC(NC(=O)c3sc4nnc(C)c(C)c4c3N)C2)cc1F. The third-order valence-corrected chi connectivity index (χ3v) is 8.22. The second-order valence-corrected chi connectivity index (χ2v) is 10.3. The molecular weight excluding hydrogens is 429 g/mol. The van der Waals surface area contributed by atoms with Gasteiger partial charge >= 0.3 is 0 Å². The minimum absolute atomic E-state index is 0.103. The molecule has 0 aliphatic carbocycles. The van der Waals surface area contributed by atoms with Crippen LogP contribution in [0.5, 0.6) is 0 Å². The van der Waals surface area contributed by atoms with Crippen LogP contribution in [-0.4, -0.2) is 48.0 Å². The van der Waals surface area contributed by atoms with Gasteiger partial charge in [-0.1, -0.05) is 6.07 Å². The lowest BCUT2D eigenvalue weighted by Crippen LogP contribution is -2.60. The first-order valence-corrected chi connectivity index (χ1v) is 11.4. The van der Waals surface area contributed by atoms with Crippen molar-refractivity contribution in [3.63, 3.8) is 0 Å². The highest BCUT2D eigenvalue weighted by Crippen LogP contribution is 2.35. The Balaban J connectivity index is 1.47. The number of carbonyl (C=O) groups is 1. The highest BCUT2D eigenvalue weighted by atomic mass is 32.2. The smallest absolute Gasteiger partial charge is 0.263 e. The Labute approximate surface area is 177 Å². The lowest BCUT2D eigenvalue weighted by atomic mass is 10.1. The number of anilines is 1. The molecule has 0 spiro atoms. The third kappa shape index (κ3) is 3.32. The van der Waals surface area contributed by atoms with Crippen LogP contribution in [0.25, 0.3) is 10.2 Å². The molecule has 3 aromatic rings. The fourth-order valence-electron chi connectivity index (χ4n) is 3.27. The van der Waals surface area contributed by atoms with Crippen LogP contribution in [0.4, 0.5) is 10.1 Å². The van der Waals surface area contributed by atoms with E-state index in [4.69, 9.17) is 5.73 Å². The number of aryl methyl sites for hydroxylation is 3. The number of halogens is 1. The summed E-state index contributed by atoms with van der Waals surface area (Å²) in [6.45, 7) is 5.47. The number of benzene rings is 1. The lowest BCUT2D eigenvalue weighted by molar-refractivity contribution is 0.0900. The molecule has 1 fully saturated rings. The van der Waals surface area contributed by atoms with Gasteiger partial charge in [0.05, 0.1) is 22.3 Å². The molecule has 3 N–H and O–H groups in total. The molecule has 1 aliphatic rings. The summed E-state index contributed by atoms with van der Waals surface area (Å²) in [6, 6.07) is 3.46. The number of nitrogens with two attached hydrogens (primary N) is 1. The number of rotatable bonds is 4. The van der Waals surface area contributed by atoms with E-state index in [0.717, 1.165) is 34.0 Å². The first kappa shape index (κ1) is 20.6. The topological polar surface area (TPSA) is 118 Å². The van der Waals surface area contributed by atoms with Crippen LogP contribution < -0.4 is 11.1 Å². The zero-order valence-electron chi connectivity index (χ0n) is 16.6. The highest BCUT2D eigenvalue weighted by Gasteiger charge is 2.38. The Hall–Kier alpha value is -2.63. The molecule has 11 heteroatoms. The zero-order valence-corrected chi connectivity index (χ0v) is 18.2. The number of fused-ring (bicyclic) bond motifs is 1. The molecule has 0 unspecified atom stereocenters. The fourth-order valence-corrected chi connectivity index (χ4v) is 5.82. The number of nitrogens with one attached hydrogen (secondary N) is 1. The van der Waals surface area contributed by atoms with E-state index in [2.05, 4.69) is 15.5 Å². The van der Waals surface area contributed by atoms with E-state index in [-0.39, 0.29) is 29.9 Å². The number of amides is 1. The quantitative estimate of drug-likeness (QED) is 0.630. The van der Waals surface area contributed by atoms with Gasteiger partial charge in [0.2, 0.25) is 10.0 Å². The average Bonchev–Trinajstić information content (AvgIpc) is 3.00. The number of nitrogen functional groups attached to an aromatic ring is 1. The molecule has 1 amide bonds. The van der Waals surface area contributed by atoms with Crippen molar-refractivity contribution < 1.29 is 17.6 Å². The Bertz CT molecular complexity index is 1280. The van der Waals surface area contributed by atoms with Gasteiger partial charge in [-0.05, 0) is 44.0 Å². The summed E-state index contributed by atoms with van der Waals surface area (Å²) >= 11 is 1.15. The minimum atomic E-state index is -3.81. The second-order valence-electron chi connectivity index (χ2n) is 7.34. The predicted molar refractivity (Wildman–Crippen MR) is 112 cm³/mol. The van der Waals surface area contributed by atoms with Gasteiger partial charge in [0, 0.05) is 18.5 Å². The summed E-state index contributed by atoms with van der Waals surface area (Å²) < 4.78 is 40.2. The molecule has 3 heterocycles. The number of sulfonamides is 1. The van der Waals surface area contributed by atoms with E-state index < -0.39 is 15.8 Å². The third-order valence-electron chi connectivity index (χ3n) is 5.31. The van der Waals surface area contributed by atoms with Crippen LogP contribution in [-0.2, 0) is 10.0 Å². The molecule has 4 rings (SSSR count). The van der Waals surface area contributed by atoms with Crippen LogP contribution >= 0.6 is 11.3 Å². The van der Waals surface area contributed by atoms with Gasteiger partial charge in [0.25, 0.3) is 5.91 Å². The molecule has 0 radical (unpaired) electrons. The predicted octanol–water partition coefficient (Wildman–Crippen LogP) is 2.14. The molecule has 8 nitrogen and oxygen atoms in total. The van der Waals surface area contributed by atoms with E-state index in [0.29, 0.717) is 21.0 Å². The average molecular weight is 450 g/mol.